The van der Waals surface area contributed by atoms with Gasteiger partial charge in [-0.1, -0.05) is 6.92 Å². The van der Waals surface area contributed by atoms with Crippen LogP contribution in [0.25, 0.3) is 0 Å². The molecule has 1 aromatic rings. The highest BCUT2D eigenvalue weighted by molar-refractivity contribution is 9.10. The van der Waals surface area contributed by atoms with E-state index in [1.807, 2.05) is 11.8 Å². The molecule has 1 saturated carbocycles. The number of aromatic nitrogens is 2. The number of nitrogens with two attached hydrogens (primary N) is 1. The van der Waals surface area contributed by atoms with Gasteiger partial charge >= 0.3 is 0 Å². The summed E-state index contributed by atoms with van der Waals surface area (Å²) in [6.45, 7) is 2.25. The minimum atomic E-state index is 0.400. The molecule has 0 amide bonds. The van der Waals surface area contributed by atoms with Gasteiger partial charge in [0.15, 0.2) is 0 Å². The number of hydrogen-bond donors (Lipinski definition) is 1. The van der Waals surface area contributed by atoms with E-state index in [1.165, 1.54) is 30.8 Å². The van der Waals surface area contributed by atoms with Gasteiger partial charge < -0.3 is 5.73 Å². The lowest BCUT2D eigenvalue weighted by molar-refractivity contribution is 0.740. The van der Waals surface area contributed by atoms with Crippen LogP contribution < -0.4 is 5.73 Å². The Morgan fingerprint density at radius 2 is 2.00 bits per heavy atom. The normalized spacial score (nSPS) is 27.5. The summed E-state index contributed by atoms with van der Waals surface area (Å²) in [5, 5.41) is 1.02. The van der Waals surface area contributed by atoms with Gasteiger partial charge in [0, 0.05) is 22.7 Å². The molecule has 0 radical (unpaired) electrons. The molecule has 1 aliphatic heterocycles. The van der Waals surface area contributed by atoms with Crippen LogP contribution in [-0.2, 0) is 0 Å². The van der Waals surface area contributed by atoms with Crippen molar-refractivity contribution in [2.75, 3.05) is 17.2 Å². The van der Waals surface area contributed by atoms with E-state index >= 15 is 0 Å². The second-order valence-corrected chi connectivity index (χ2v) is 8.44. The Balaban J connectivity index is 1.94. The predicted octanol–water partition coefficient (Wildman–Crippen LogP) is 4.00. The lowest BCUT2D eigenvalue weighted by atomic mass is 10.2. The van der Waals surface area contributed by atoms with Crippen LogP contribution in [0, 0.1) is 0 Å². The molecule has 2 heterocycles. The predicted molar refractivity (Wildman–Crippen MR) is 87.9 cm³/mol. The van der Waals surface area contributed by atoms with E-state index in [1.54, 1.807) is 0 Å². The van der Waals surface area contributed by atoms with E-state index in [4.69, 9.17) is 10.7 Å². The van der Waals surface area contributed by atoms with Crippen LogP contribution in [0.3, 0.4) is 0 Å². The van der Waals surface area contributed by atoms with Crippen LogP contribution in [0.5, 0.6) is 0 Å². The highest BCUT2D eigenvalue weighted by Crippen LogP contribution is 2.47. The van der Waals surface area contributed by atoms with Crippen molar-refractivity contribution in [1.82, 2.24) is 9.97 Å². The Bertz CT molecular complexity index is 479. The number of nitrogen functional groups attached to an aromatic ring is 1. The zero-order valence-corrected chi connectivity index (χ0v) is 14.2. The van der Waals surface area contributed by atoms with Crippen LogP contribution in [0.1, 0.15) is 48.9 Å². The molecule has 19 heavy (non-hydrogen) atoms. The van der Waals surface area contributed by atoms with Crippen LogP contribution in [-0.4, -0.2) is 26.7 Å². The molecule has 0 aromatic carbocycles. The summed E-state index contributed by atoms with van der Waals surface area (Å²) in [5.74, 6) is 4.58. The molecular formula is C13H18BrN3S2. The standard InChI is InChI=1S/C13H18BrN3S2/c1-2-8-11(19-6-5-18-8)13-16-10(7-3-4-7)9(14)12(15)17-13/h7-8,11H,2-6H2,1H3,(H2,15,16,17). The first-order chi connectivity index (χ1) is 9.20. The topological polar surface area (TPSA) is 51.8 Å². The maximum Gasteiger partial charge on any atom is 0.145 e. The fourth-order valence-electron chi connectivity index (χ4n) is 2.40. The molecule has 1 aliphatic carbocycles. The summed E-state index contributed by atoms with van der Waals surface area (Å²) in [6.07, 6.45) is 3.64. The van der Waals surface area contributed by atoms with E-state index in [0.29, 0.717) is 22.2 Å². The minimum Gasteiger partial charge on any atom is -0.383 e. The molecule has 2 aliphatic rings. The van der Waals surface area contributed by atoms with E-state index in [-0.39, 0.29) is 0 Å². The molecule has 2 N–H and O–H groups in total. The Kier molecular flexibility index (Phi) is 4.29. The second-order valence-electron chi connectivity index (χ2n) is 5.05. The molecule has 104 valence electrons. The fraction of sp³-hybridized carbons (Fsp3) is 0.692. The van der Waals surface area contributed by atoms with E-state index in [2.05, 4.69) is 39.6 Å². The molecule has 0 bridgehead atoms. The number of hydrogen-bond acceptors (Lipinski definition) is 5. The maximum absolute atomic E-state index is 6.07. The van der Waals surface area contributed by atoms with E-state index in [9.17, 15) is 0 Å². The third-order valence-corrected chi connectivity index (χ3v) is 7.65. The average molecular weight is 360 g/mol. The Morgan fingerprint density at radius 1 is 1.26 bits per heavy atom. The third kappa shape index (κ3) is 2.90. The lowest BCUT2D eigenvalue weighted by Gasteiger charge is -2.29. The van der Waals surface area contributed by atoms with Gasteiger partial charge in [-0.05, 0) is 35.2 Å². The highest BCUT2D eigenvalue weighted by atomic mass is 79.9. The molecular weight excluding hydrogens is 342 g/mol. The molecule has 6 heteroatoms. The highest BCUT2D eigenvalue weighted by Gasteiger charge is 2.33. The van der Waals surface area contributed by atoms with Crippen molar-refractivity contribution >= 4 is 45.3 Å². The summed E-state index contributed by atoms with van der Waals surface area (Å²) in [5.41, 5.74) is 7.20. The number of anilines is 1. The SMILES string of the molecule is CCC1SCCSC1c1nc(N)c(Br)c(C2CC2)n1. The van der Waals surface area contributed by atoms with Crippen LogP contribution >= 0.6 is 39.5 Å². The Labute approximate surface area is 131 Å². The van der Waals surface area contributed by atoms with Crippen molar-refractivity contribution in [1.29, 1.82) is 0 Å². The van der Waals surface area contributed by atoms with Gasteiger partial charge in [0.05, 0.1) is 15.4 Å². The van der Waals surface area contributed by atoms with Crippen LogP contribution in [0.4, 0.5) is 5.82 Å². The molecule has 2 fully saturated rings. The van der Waals surface area contributed by atoms with Crippen LogP contribution in [0.2, 0.25) is 0 Å². The van der Waals surface area contributed by atoms with E-state index < -0.39 is 0 Å². The van der Waals surface area contributed by atoms with Crippen molar-refractivity contribution in [2.45, 2.75) is 42.6 Å². The molecule has 3 nitrogen and oxygen atoms in total. The summed E-state index contributed by atoms with van der Waals surface area (Å²) in [4.78, 5) is 9.40. The van der Waals surface area contributed by atoms with Crippen LogP contribution in [0.15, 0.2) is 4.47 Å². The lowest BCUT2D eigenvalue weighted by Crippen LogP contribution is -2.21. The molecule has 1 saturated heterocycles. The summed E-state index contributed by atoms with van der Waals surface area (Å²) in [7, 11) is 0. The summed E-state index contributed by atoms with van der Waals surface area (Å²) < 4.78 is 0.917. The van der Waals surface area contributed by atoms with Crippen molar-refractivity contribution in [3.05, 3.63) is 16.0 Å². The molecule has 3 rings (SSSR count). The first-order valence-corrected chi connectivity index (χ1v) is 9.65. The zero-order valence-electron chi connectivity index (χ0n) is 10.9. The van der Waals surface area contributed by atoms with Gasteiger partial charge in [-0.15, -0.1) is 11.8 Å². The zero-order chi connectivity index (χ0) is 13.4. The molecule has 2 atom stereocenters. The second kappa shape index (κ2) is 5.82. The van der Waals surface area contributed by atoms with Gasteiger partial charge in [-0.25, -0.2) is 9.97 Å². The van der Waals surface area contributed by atoms with Gasteiger partial charge in [-0.3, -0.25) is 0 Å². The quantitative estimate of drug-likeness (QED) is 0.883. The average Bonchev–Trinajstić information content (AvgIpc) is 3.26. The number of nitrogens with zero attached hydrogens (tertiary/aromatic N) is 2. The Hall–Kier alpha value is 0.0600. The number of halogens is 1. The van der Waals surface area contributed by atoms with E-state index in [0.717, 1.165) is 16.0 Å². The molecule has 0 spiro atoms. The Morgan fingerprint density at radius 3 is 2.68 bits per heavy atom. The first kappa shape index (κ1) is 14.0. The van der Waals surface area contributed by atoms with Gasteiger partial charge in [-0.2, -0.15) is 11.8 Å². The van der Waals surface area contributed by atoms with Crippen molar-refractivity contribution in [2.24, 2.45) is 0 Å². The fourth-order valence-corrected chi connectivity index (χ4v) is 5.89. The monoisotopic (exact) mass is 359 g/mol. The number of rotatable bonds is 3. The smallest absolute Gasteiger partial charge is 0.145 e. The molecule has 1 aromatic heterocycles. The third-order valence-electron chi connectivity index (χ3n) is 3.59. The minimum absolute atomic E-state index is 0.400. The number of thioether (sulfide) groups is 2. The van der Waals surface area contributed by atoms with Gasteiger partial charge in [0.2, 0.25) is 0 Å². The van der Waals surface area contributed by atoms with Crippen molar-refractivity contribution in [3.63, 3.8) is 0 Å². The van der Waals surface area contributed by atoms with Crippen molar-refractivity contribution < 1.29 is 0 Å². The molecule has 2 unspecified atom stereocenters. The summed E-state index contributed by atoms with van der Waals surface area (Å²) >= 11 is 7.59. The van der Waals surface area contributed by atoms with Gasteiger partial charge in [0.25, 0.3) is 0 Å². The summed E-state index contributed by atoms with van der Waals surface area (Å²) in [6, 6.07) is 0. The van der Waals surface area contributed by atoms with Gasteiger partial charge in [0.1, 0.15) is 11.6 Å². The maximum atomic E-state index is 6.07. The largest absolute Gasteiger partial charge is 0.383 e. The first-order valence-electron chi connectivity index (χ1n) is 6.76. The van der Waals surface area contributed by atoms with Crippen molar-refractivity contribution in [3.8, 4) is 0 Å².